The van der Waals surface area contributed by atoms with E-state index >= 15 is 0 Å². The van der Waals surface area contributed by atoms with Crippen LogP contribution in [0.25, 0.3) is 0 Å². The number of hydrogen-bond acceptors (Lipinski definition) is 11. The van der Waals surface area contributed by atoms with Crippen LogP contribution in [0.4, 0.5) is 0 Å². The fraction of sp³-hybridized carbons (Fsp3) is 1.00. The SMILES string of the molecule is COP(=O)(O)CC(C(CP(=O)(O)OBOC(C(C(C(C)P(=O)(O)O)P(=O)(O)O)P(=O)(O)O)P(=O)(O)O)P(=O)(O)O)P(=O)(O)O. The summed E-state index contributed by atoms with van der Waals surface area (Å²) in [5.74, 6) is -3.46. The summed E-state index contributed by atoms with van der Waals surface area (Å²) in [5, 5.41) is 0. The first kappa shape index (κ1) is 45.2. The monoisotopic (exact) mass is 810 g/mol. The van der Waals surface area contributed by atoms with Gasteiger partial charge in [0.15, 0.2) is 5.85 Å². The van der Waals surface area contributed by atoms with Gasteiger partial charge in [-0.1, -0.05) is 6.92 Å². The van der Waals surface area contributed by atoms with Crippen molar-refractivity contribution in [3.8, 4) is 0 Å². The minimum atomic E-state index is -6.28. The van der Waals surface area contributed by atoms with Crippen LogP contribution in [0.1, 0.15) is 6.92 Å². The predicted octanol–water partition coefficient (Wildman–Crippen LogP) is -2.44. The van der Waals surface area contributed by atoms with Gasteiger partial charge >= 0.3 is 68.5 Å². The minimum Gasteiger partial charge on any atom is -0.399 e. The third-order valence-corrected chi connectivity index (χ3v) is 18.2. The lowest BCUT2D eigenvalue weighted by Gasteiger charge is -2.37. The van der Waals surface area contributed by atoms with Gasteiger partial charge in [-0.25, -0.2) is 0 Å². The van der Waals surface area contributed by atoms with Crippen LogP contribution in [0.3, 0.4) is 0 Å². The van der Waals surface area contributed by atoms with Gasteiger partial charge in [0.25, 0.3) is 0 Å². The first-order chi connectivity index (χ1) is 19.0. The molecule has 0 aromatic carbocycles. The van der Waals surface area contributed by atoms with Crippen molar-refractivity contribution in [3.63, 3.8) is 0 Å². The van der Waals surface area contributed by atoms with Gasteiger partial charge in [-0.2, -0.15) is 0 Å². The molecule has 0 rings (SSSR count). The molecule has 264 valence electrons. The van der Waals surface area contributed by atoms with Crippen LogP contribution in [0.15, 0.2) is 0 Å². The summed E-state index contributed by atoms with van der Waals surface area (Å²) in [7, 11) is -48.2. The second-order valence-corrected chi connectivity index (χ2v) is 23.8. The van der Waals surface area contributed by atoms with Gasteiger partial charge < -0.3 is 82.1 Å². The van der Waals surface area contributed by atoms with Crippen LogP contribution in [0.2, 0.25) is 0 Å². The average Bonchev–Trinajstić information content (AvgIpc) is 2.73. The van der Waals surface area contributed by atoms with Gasteiger partial charge in [0, 0.05) is 7.11 Å². The Hall–Kier alpha value is 1.22. The first-order valence-corrected chi connectivity index (χ1v) is 24.4. The molecule has 0 spiro atoms. The lowest BCUT2D eigenvalue weighted by Crippen LogP contribution is -2.44. The largest absolute Gasteiger partial charge is 0.445 e. The van der Waals surface area contributed by atoms with Gasteiger partial charge in [-0.05, 0) is 0 Å². The molecule has 8 atom stereocenters. The summed E-state index contributed by atoms with van der Waals surface area (Å²) in [6.45, 7) is 0.358. The lowest BCUT2D eigenvalue weighted by atomic mass is 10.2. The summed E-state index contributed by atoms with van der Waals surface area (Å²) in [6.07, 6.45) is -3.67. The van der Waals surface area contributed by atoms with E-state index in [1.54, 1.807) is 0 Å². The number of hydrogen-bond donors (Lipinski definition) is 14. The molecule has 0 aliphatic carbocycles. The zero-order chi connectivity index (χ0) is 35.7. The van der Waals surface area contributed by atoms with E-state index in [1.165, 1.54) is 0 Å². The highest BCUT2D eigenvalue weighted by Crippen LogP contribution is 2.66. The molecule has 8 unspecified atom stereocenters. The molecule has 44 heavy (non-hydrogen) atoms. The van der Waals surface area contributed by atoms with Crippen LogP contribution in [-0.4, -0.2) is 130 Å². The summed E-state index contributed by atoms with van der Waals surface area (Å²) >= 11 is 0. The van der Waals surface area contributed by atoms with E-state index in [0.717, 1.165) is 0 Å². The average molecular weight is 810 g/mol. The minimum absolute atomic E-state index is 0.358. The number of rotatable bonds is 19. The topological polar surface area (TPSA) is 447 Å². The fourth-order valence-electron chi connectivity index (χ4n) is 3.58. The maximum absolute atomic E-state index is 12.6. The second kappa shape index (κ2) is 15.4. The molecule has 0 aromatic rings. The molecule has 34 heteroatoms. The fourth-order valence-corrected chi connectivity index (χ4v) is 17.9. The van der Waals surface area contributed by atoms with E-state index in [0.29, 0.717) is 14.0 Å². The summed E-state index contributed by atoms with van der Waals surface area (Å²) in [4.78, 5) is 135. The molecule has 0 heterocycles. The van der Waals surface area contributed by atoms with E-state index in [9.17, 15) is 105 Å². The van der Waals surface area contributed by atoms with Gasteiger partial charge in [-0.15, -0.1) is 0 Å². The molecule has 0 saturated carbocycles. The first-order valence-electron chi connectivity index (χ1n) is 10.8. The molecule has 0 bridgehead atoms. The molecule has 25 nitrogen and oxygen atoms in total. The predicted molar refractivity (Wildman–Crippen MR) is 146 cm³/mol. The smallest absolute Gasteiger partial charge is 0.399 e. The summed E-state index contributed by atoms with van der Waals surface area (Å²) in [6, 6.07) is 0. The highest BCUT2D eigenvalue weighted by molar-refractivity contribution is 7.62. The van der Waals surface area contributed by atoms with Crippen molar-refractivity contribution < 1.29 is 119 Å². The Bertz CT molecular complexity index is 1380. The maximum atomic E-state index is 12.6. The van der Waals surface area contributed by atoms with Crippen LogP contribution in [-0.2, 0) is 50.1 Å². The Kier molecular flexibility index (Phi) is 15.8. The zero-order valence-corrected chi connectivity index (χ0v) is 29.1. The van der Waals surface area contributed by atoms with E-state index < -0.39 is 115 Å². The van der Waals surface area contributed by atoms with Crippen molar-refractivity contribution in [2.24, 2.45) is 0 Å². The van der Waals surface area contributed by atoms with Crippen LogP contribution < -0.4 is 0 Å². The quantitative estimate of drug-likeness (QED) is 0.0476. The Morgan fingerprint density at radius 3 is 1.16 bits per heavy atom. The second-order valence-electron chi connectivity index (χ2n) is 9.02. The molecular formula is C10H31BO25P8. The van der Waals surface area contributed by atoms with Crippen molar-refractivity contribution in [1.82, 2.24) is 0 Å². The third kappa shape index (κ3) is 14.4. The van der Waals surface area contributed by atoms with Crippen molar-refractivity contribution >= 4 is 68.5 Å². The van der Waals surface area contributed by atoms with Crippen molar-refractivity contribution in [3.05, 3.63) is 0 Å². The van der Waals surface area contributed by atoms with E-state index in [2.05, 4.69) is 13.6 Å². The maximum Gasteiger partial charge on any atom is 0.445 e. The molecule has 0 aliphatic rings. The molecular weight excluding hydrogens is 779 g/mol. The molecule has 0 radical (unpaired) electrons. The Labute approximate surface area is 247 Å². The van der Waals surface area contributed by atoms with Gasteiger partial charge in [-0.3, -0.25) is 36.5 Å². The molecule has 0 fully saturated rings. The third-order valence-electron chi connectivity index (χ3n) is 5.70. The van der Waals surface area contributed by atoms with Gasteiger partial charge in [0.2, 0.25) is 0 Å². The summed E-state index contributed by atoms with van der Waals surface area (Å²) < 4.78 is 109. The van der Waals surface area contributed by atoms with E-state index in [4.69, 9.17) is 0 Å². The van der Waals surface area contributed by atoms with Crippen LogP contribution in [0.5, 0.6) is 0 Å². The highest BCUT2D eigenvalue weighted by atomic mass is 31.2. The van der Waals surface area contributed by atoms with Crippen molar-refractivity contribution in [2.45, 2.75) is 41.1 Å². The van der Waals surface area contributed by atoms with Crippen LogP contribution >= 0.6 is 60.8 Å². The highest BCUT2D eigenvalue weighted by Gasteiger charge is 2.60. The standard InChI is InChI=1S/C10H31BO25P8/c1-5(39(16,17)18)8(42(25,26)27)9(43(28,29)30)10(44(31,32)33)35-11-36-38(14,15)4-7(41(22,23)24)6(40(19,20)21)3-37(12,13)34-2/h5-11H,3-4H2,1-2H3,(H,12,13)(H,14,15)(H2,16,17,18)(H2,19,20,21)(H2,22,23,24)(H2,25,26,27)(H2,28,29,30)(H2,31,32,33). The Balaban J connectivity index is 6.64. The summed E-state index contributed by atoms with van der Waals surface area (Å²) in [5.41, 5.74) is -15.2. The van der Waals surface area contributed by atoms with Crippen molar-refractivity contribution in [1.29, 1.82) is 0 Å². The van der Waals surface area contributed by atoms with Gasteiger partial charge in [0.05, 0.1) is 35.0 Å². The van der Waals surface area contributed by atoms with Crippen molar-refractivity contribution in [2.75, 3.05) is 19.4 Å². The molecule has 0 saturated heterocycles. The van der Waals surface area contributed by atoms with E-state index in [-0.39, 0.29) is 0 Å². The molecule has 0 amide bonds. The lowest BCUT2D eigenvalue weighted by molar-refractivity contribution is 0.181. The molecule has 14 N–H and O–H groups in total. The Morgan fingerprint density at radius 2 is 0.886 bits per heavy atom. The van der Waals surface area contributed by atoms with E-state index in [1.807, 2.05) is 0 Å². The Morgan fingerprint density at radius 1 is 0.523 bits per heavy atom. The van der Waals surface area contributed by atoms with Gasteiger partial charge in [0.1, 0.15) is 5.66 Å². The molecule has 0 aliphatic heterocycles. The van der Waals surface area contributed by atoms with Crippen LogP contribution in [0, 0.1) is 0 Å². The zero-order valence-electron chi connectivity index (χ0n) is 21.9. The normalized spacial score (nSPS) is 21.3. The molecule has 0 aromatic heterocycles.